The van der Waals surface area contributed by atoms with E-state index in [2.05, 4.69) is 29.6 Å². The molecule has 0 amide bonds. The highest BCUT2D eigenvalue weighted by Gasteiger charge is 2.29. The SMILES string of the molecule is CCCCN=C(NN)NC1(C)CCCC1. The maximum atomic E-state index is 5.45. The highest BCUT2D eigenvalue weighted by molar-refractivity contribution is 5.79. The number of nitrogens with zero attached hydrogens (tertiary/aromatic N) is 1. The Hall–Kier alpha value is -0.770. The van der Waals surface area contributed by atoms with Gasteiger partial charge in [-0.1, -0.05) is 26.2 Å². The highest BCUT2D eigenvalue weighted by atomic mass is 15.3. The van der Waals surface area contributed by atoms with Gasteiger partial charge in [0.2, 0.25) is 5.96 Å². The van der Waals surface area contributed by atoms with Crippen molar-refractivity contribution >= 4 is 5.96 Å². The van der Waals surface area contributed by atoms with Gasteiger partial charge in [-0.15, -0.1) is 0 Å². The van der Waals surface area contributed by atoms with Crippen LogP contribution in [0.1, 0.15) is 52.4 Å². The Labute approximate surface area is 92.7 Å². The molecule has 4 nitrogen and oxygen atoms in total. The van der Waals surface area contributed by atoms with Crippen LogP contribution >= 0.6 is 0 Å². The molecule has 0 aromatic rings. The molecular formula is C11H24N4. The monoisotopic (exact) mass is 212 g/mol. The minimum absolute atomic E-state index is 0.192. The molecule has 0 radical (unpaired) electrons. The molecule has 0 aromatic heterocycles. The third-order valence-corrected chi connectivity index (χ3v) is 3.05. The molecule has 1 rings (SSSR count). The van der Waals surface area contributed by atoms with Gasteiger partial charge < -0.3 is 5.32 Å². The van der Waals surface area contributed by atoms with Gasteiger partial charge in [0.1, 0.15) is 0 Å². The summed E-state index contributed by atoms with van der Waals surface area (Å²) >= 11 is 0. The molecule has 0 saturated heterocycles. The molecule has 0 atom stereocenters. The van der Waals surface area contributed by atoms with E-state index in [-0.39, 0.29) is 5.54 Å². The van der Waals surface area contributed by atoms with E-state index in [0.29, 0.717) is 0 Å². The van der Waals surface area contributed by atoms with E-state index in [1.807, 2.05) is 0 Å². The molecule has 15 heavy (non-hydrogen) atoms. The van der Waals surface area contributed by atoms with Crippen LogP contribution in [0.25, 0.3) is 0 Å². The number of nitrogens with one attached hydrogen (secondary N) is 2. The topological polar surface area (TPSA) is 62.4 Å². The van der Waals surface area contributed by atoms with Gasteiger partial charge in [-0.2, -0.15) is 0 Å². The van der Waals surface area contributed by atoms with Gasteiger partial charge in [0.05, 0.1) is 0 Å². The summed E-state index contributed by atoms with van der Waals surface area (Å²) in [6.45, 7) is 5.25. The Balaban J connectivity index is 2.41. The number of aliphatic imine (C=N–C) groups is 1. The molecule has 1 aliphatic rings. The van der Waals surface area contributed by atoms with Gasteiger partial charge in [-0.3, -0.25) is 10.4 Å². The second-order valence-electron chi connectivity index (χ2n) is 4.62. The van der Waals surface area contributed by atoms with E-state index in [9.17, 15) is 0 Å². The van der Waals surface area contributed by atoms with Crippen LogP contribution in [0, 0.1) is 0 Å². The molecule has 4 N–H and O–H groups in total. The molecule has 0 bridgehead atoms. The fourth-order valence-electron chi connectivity index (χ4n) is 2.04. The third kappa shape index (κ3) is 4.08. The summed E-state index contributed by atoms with van der Waals surface area (Å²) in [5.74, 6) is 6.19. The molecule has 88 valence electrons. The van der Waals surface area contributed by atoms with Gasteiger partial charge in [0.15, 0.2) is 0 Å². The summed E-state index contributed by atoms with van der Waals surface area (Å²) in [6.07, 6.45) is 7.30. The van der Waals surface area contributed by atoms with Crippen molar-refractivity contribution in [2.24, 2.45) is 10.8 Å². The van der Waals surface area contributed by atoms with Crippen molar-refractivity contribution in [1.29, 1.82) is 0 Å². The Morgan fingerprint density at radius 3 is 2.60 bits per heavy atom. The first-order chi connectivity index (χ1) is 7.20. The Kier molecular flexibility index (Phi) is 4.88. The number of nitrogens with two attached hydrogens (primary N) is 1. The third-order valence-electron chi connectivity index (χ3n) is 3.05. The van der Waals surface area contributed by atoms with Gasteiger partial charge in [0, 0.05) is 12.1 Å². The van der Waals surface area contributed by atoms with E-state index in [1.54, 1.807) is 0 Å². The summed E-state index contributed by atoms with van der Waals surface area (Å²) in [5, 5.41) is 3.41. The van der Waals surface area contributed by atoms with Crippen molar-refractivity contribution in [1.82, 2.24) is 10.7 Å². The lowest BCUT2D eigenvalue weighted by Crippen LogP contribution is -2.51. The van der Waals surface area contributed by atoms with Crippen molar-refractivity contribution < 1.29 is 0 Å². The Morgan fingerprint density at radius 1 is 1.40 bits per heavy atom. The van der Waals surface area contributed by atoms with Crippen molar-refractivity contribution in [3.63, 3.8) is 0 Å². The van der Waals surface area contributed by atoms with Gasteiger partial charge in [0.25, 0.3) is 0 Å². The largest absolute Gasteiger partial charge is 0.350 e. The van der Waals surface area contributed by atoms with Crippen LogP contribution in [0.2, 0.25) is 0 Å². The normalized spacial score (nSPS) is 20.3. The fourth-order valence-corrected chi connectivity index (χ4v) is 2.04. The van der Waals surface area contributed by atoms with Gasteiger partial charge >= 0.3 is 0 Å². The summed E-state index contributed by atoms with van der Waals surface area (Å²) in [7, 11) is 0. The molecular weight excluding hydrogens is 188 g/mol. The highest BCUT2D eigenvalue weighted by Crippen LogP contribution is 2.28. The van der Waals surface area contributed by atoms with E-state index in [4.69, 9.17) is 5.84 Å². The lowest BCUT2D eigenvalue weighted by atomic mass is 10.0. The first kappa shape index (κ1) is 12.3. The molecule has 0 spiro atoms. The average molecular weight is 212 g/mol. The second-order valence-corrected chi connectivity index (χ2v) is 4.62. The summed E-state index contributed by atoms with van der Waals surface area (Å²) in [5.41, 5.74) is 2.84. The zero-order chi connectivity index (χ0) is 11.1. The van der Waals surface area contributed by atoms with Crippen LogP contribution in [-0.4, -0.2) is 18.0 Å². The molecule has 0 heterocycles. The molecule has 1 fully saturated rings. The zero-order valence-corrected chi connectivity index (χ0v) is 9.97. The van der Waals surface area contributed by atoms with E-state index < -0.39 is 0 Å². The average Bonchev–Trinajstić information content (AvgIpc) is 2.64. The lowest BCUT2D eigenvalue weighted by molar-refractivity contribution is 0.425. The van der Waals surface area contributed by atoms with Gasteiger partial charge in [-0.05, 0) is 26.2 Å². The predicted molar refractivity (Wildman–Crippen MR) is 64.5 cm³/mol. The number of hydrogen-bond donors (Lipinski definition) is 3. The van der Waals surface area contributed by atoms with Crippen LogP contribution in [0.15, 0.2) is 4.99 Å². The number of guanidine groups is 1. The first-order valence-electron chi connectivity index (χ1n) is 5.99. The molecule has 0 aromatic carbocycles. The molecule has 1 aliphatic carbocycles. The van der Waals surface area contributed by atoms with E-state index in [0.717, 1.165) is 18.9 Å². The van der Waals surface area contributed by atoms with Crippen molar-refractivity contribution in [3.8, 4) is 0 Å². The molecule has 1 saturated carbocycles. The van der Waals surface area contributed by atoms with Crippen LogP contribution in [0.4, 0.5) is 0 Å². The van der Waals surface area contributed by atoms with Gasteiger partial charge in [-0.25, -0.2) is 5.84 Å². The Bertz CT molecular complexity index is 207. The second kappa shape index (κ2) is 5.95. The van der Waals surface area contributed by atoms with Crippen molar-refractivity contribution in [2.75, 3.05) is 6.54 Å². The van der Waals surface area contributed by atoms with E-state index >= 15 is 0 Å². The maximum Gasteiger partial charge on any atom is 0.206 e. The number of hydrogen-bond acceptors (Lipinski definition) is 2. The van der Waals surface area contributed by atoms with Crippen LogP contribution < -0.4 is 16.6 Å². The number of unbranched alkanes of at least 4 members (excludes halogenated alkanes) is 1. The van der Waals surface area contributed by atoms with Crippen LogP contribution in [-0.2, 0) is 0 Å². The minimum Gasteiger partial charge on any atom is -0.350 e. The minimum atomic E-state index is 0.192. The van der Waals surface area contributed by atoms with E-state index in [1.165, 1.54) is 32.1 Å². The fraction of sp³-hybridized carbons (Fsp3) is 0.909. The Morgan fingerprint density at radius 2 is 2.07 bits per heavy atom. The van der Waals surface area contributed by atoms with Crippen LogP contribution in [0.5, 0.6) is 0 Å². The standard InChI is InChI=1S/C11H24N4/c1-3-4-9-13-10(15-12)14-11(2)7-5-6-8-11/h3-9,12H2,1-2H3,(H2,13,14,15). The van der Waals surface area contributed by atoms with Crippen LogP contribution in [0.3, 0.4) is 0 Å². The lowest BCUT2D eigenvalue weighted by Gasteiger charge is -2.27. The summed E-state index contributed by atoms with van der Waals surface area (Å²) < 4.78 is 0. The van der Waals surface area contributed by atoms with Crippen molar-refractivity contribution in [3.05, 3.63) is 0 Å². The number of rotatable bonds is 4. The maximum absolute atomic E-state index is 5.45. The quantitative estimate of drug-likeness (QED) is 0.218. The van der Waals surface area contributed by atoms with Crippen molar-refractivity contribution in [2.45, 2.75) is 57.9 Å². The first-order valence-corrected chi connectivity index (χ1v) is 5.99. The molecule has 0 aliphatic heterocycles. The summed E-state index contributed by atoms with van der Waals surface area (Å²) in [4.78, 5) is 4.41. The summed E-state index contributed by atoms with van der Waals surface area (Å²) in [6, 6.07) is 0. The number of hydrazine groups is 1. The zero-order valence-electron chi connectivity index (χ0n) is 9.97. The molecule has 0 unspecified atom stereocenters. The molecule has 4 heteroatoms. The smallest absolute Gasteiger partial charge is 0.206 e. The predicted octanol–water partition coefficient (Wildman–Crippen LogP) is 1.53.